The Morgan fingerprint density at radius 3 is 2.86 bits per heavy atom. The molecule has 1 saturated heterocycles. The lowest BCUT2D eigenvalue weighted by Crippen LogP contribution is -2.61. The summed E-state index contributed by atoms with van der Waals surface area (Å²) in [5.41, 5.74) is 0.0257. The van der Waals surface area contributed by atoms with Crippen LogP contribution in [0.3, 0.4) is 0 Å². The zero-order valence-corrected chi connectivity index (χ0v) is 13.2. The summed E-state index contributed by atoms with van der Waals surface area (Å²) in [7, 11) is 0. The summed E-state index contributed by atoms with van der Waals surface area (Å²) >= 11 is 1.27. The third-order valence-electron chi connectivity index (χ3n) is 3.68. The van der Waals surface area contributed by atoms with Crippen LogP contribution in [0.2, 0.25) is 0 Å². The van der Waals surface area contributed by atoms with Gasteiger partial charge in [-0.25, -0.2) is 4.79 Å². The fourth-order valence-corrected chi connectivity index (χ4v) is 3.65. The number of nitrogens with zero attached hydrogens (tertiary/aromatic N) is 1. The molecule has 0 unspecified atom stereocenters. The number of aliphatic carboxylic acids is 1. The van der Waals surface area contributed by atoms with E-state index in [4.69, 9.17) is 5.41 Å². The first-order chi connectivity index (χ1) is 10.3. The van der Waals surface area contributed by atoms with Gasteiger partial charge in [-0.1, -0.05) is 6.08 Å². The van der Waals surface area contributed by atoms with Crippen molar-refractivity contribution in [3.05, 3.63) is 22.1 Å². The summed E-state index contributed by atoms with van der Waals surface area (Å²) in [6.07, 6.45) is 1.47. The maximum atomic E-state index is 12.0. The molecular formula is C14H19N3O4S. The number of amides is 1. The molecule has 0 radical (unpaired) electrons. The number of carboxylic acids is 1. The molecule has 3 atom stereocenters. The molecule has 2 rings (SSSR count). The van der Waals surface area contributed by atoms with Crippen LogP contribution in [-0.4, -0.2) is 51.5 Å². The fraction of sp³-hybridized carbons (Fsp3) is 0.500. The molecule has 0 bridgehead atoms. The molecule has 1 amide bonds. The van der Waals surface area contributed by atoms with Gasteiger partial charge in [0.15, 0.2) is 0 Å². The molecule has 8 heteroatoms. The Labute approximate surface area is 132 Å². The SMILES string of the molecule is CC(=N)NC/C=C\SC1=C(C(=O)O)N2C(=O)[C@@H]([C@H](C)O)[C@H]2C1. The number of carbonyl (C=O) groups is 2. The van der Waals surface area contributed by atoms with Crippen LogP contribution in [0.15, 0.2) is 22.1 Å². The molecule has 120 valence electrons. The van der Waals surface area contributed by atoms with Crippen molar-refractivity contribution in [1.29, 1.82) is 5.41 Å². The maximum absolute atomic E-state index is 12.0. The molecule has 22 heavy (non-hydrogen) atoms. The predicted molar refractivity (Wildman–Crippen MR) is 83.2 cm³/mol. The lowest BCUT2D eigenvalue weighted by Gasteiger charge is -2.44. The van der Waals surface area contributed by atoms with Gasteiger partial charge in [-0.3, -0.25) is 10.2 Å². The van der Waals surface area contributed by atoms with Crippen LogP contribution in [0.1, 0.15) is 20.3 Å². The average molecular weight is 325 g/mol. The number of amidine groups is 1. The topological polar surface area (TPSA) is 114 Å². The fourth-order valence-electron chi connectivity index (χ4n) is 2.73. The minimum Gasteiger partial charge on any atom is -0.477 e. The van der Waals surface area contributed by atoms with Crippen LogP contribution in [0.4, 0.5) is 0 Å². The molecule has 1 fully saturated rings. The van der Waals surface area contributed by atoms with E-state index in [2.05, 4.69) is 5.32 Å². The van der Waals surface area contributed by atoms with Crippen LogP contribution in [-0.2, 0) is 9.59 Å². The highest BCUT2D eigenvalue weighted by Gasteiger charge is 2.56. The summed E-state index contributed by atoms with van der Waals surface area (Å²) in [4.78, 5) is 25.3. The molecule has 0 saturated carbocycles. The number of β-lactam (4-membered cyclic amide) rings is 1. The van der Waals surface area contributed by atoms with E-state index in [-0.39, 0.29) is 17.6 Å². The van der Waals surface area contributed by atoms with Crippen molar-refractivity contribution in [2.24, 2.45) is 5.92 Å². The molecule has 0 aromatic rings. The van der Waals surface area contributed by atoms with Crippen molar-refractivity contribution < 1.29 is 19.8 Å². The third kappa shape index (κ3) is 3.02. The lowest BCUT2D eigenvalue weighted by atomic mass is 9.83. The number of carboxylic acid groups (broad SMARTS) is 1. The summed E-state index contributed by atoms with van der Waals surface area (Å²) < 4.78 is 0. The first-order valence-electron chi connectivity index (χ1n) is 6.92. The number of aliphatic hydroxyl groups excluding tert-OH is 1. The van der Waals surface area contributed by atoms with E-state index in [1.54, 1.807) is 25.3 Å². The zero-order valence-electron chi connectivity index (χ0n) is 12.4. The number of rotatable bonds is 6. The van der Waals surface area contributed by atoms with Crippen molar-refractivity contribution in [2.45, 2.75) is 32.4 Å². The standard InChI is InChI=1S/C14H19N3O4S/c1-7(18)11-9-6-10(22-5-3-4-16-8(2)15)12(14(20)21)17(9)13(11)19/h3,5,7,9,11,18H,4,6H2,1-2H3,(H2,15,16)(H,20,21)/b5-3-/t7-,9+,11-/m0/s1. The second-order valence-corrected chi connectivity index (χ2v) is 6.32. The van der Waals surface area contributed by atoms with Crippen LogP contribution < -0.4 is 5.32 Å². The highest BCUT2D eigenvalue weighted by molar-refractivity contribution is 8.05. The molecule has 0 aromatic heterocycles. The third-order valence-corrected chi connectivity index (χ3v) is 4.66. The monoisotopic (exact) mass is 325 g/mol. The van der Waals surface area contributed by atoms with Gasteiger partial charge in [0.25, 0.3) is 0 Å². The van der Waals surface area contributed by atoms with Crippen molar-refractivity contribution in [2.75, 3.05) is 6.54 Å². The molecule has 2 heterocycles. The summed E-state index contributed by atoms with van der Waals surface area (Å²) in [6, 6.07) is -0.253. The number of carbonyl (C=O) groups excluding carboxylic acids is 1. The van der Waals surface area contributed by atoms with E-state index < -0.39 is 18.0 Å². The second-order valence-electron chi connectivity index (χ2n) is 5.32. The van der Waals surface area contributed by atoms with Gasteiger partial charge in [-0.2, -0.15) is 0 Å². The van der Waals surface area contributed by atoms with Crippen LogP contribution in [0, 0.1) is 11.3 Å². The van der Waals surface area contributed by atoms with Gasteiger partial charge in [0.2, 0.25) is 5.91 Å². The Morgan fingerprint density at radius 2 is 2.32 bits per heavy atom. The Balaban J connectivity index is 2.05. The van der Waals surface area contributed by atoms with Gasteiger partial charge < -0.3 is 20.4 Å². The Kier molecular flexibility index (Phi) is 4.92. The van der Waals surface area contributed by atoms with Crippen molar-refractivity contribution >= 4 is 29.5 Å². The summed E-state index contributed by atoms with van der Waals surface area (Å²) in [5.74, 6) is -1.60. The van der Waals surface area contributed by atoms with Gasteiger partial charge in [0.05, 0.1) is 23.9 Å². The van der Waals surface area contributed by atoms with Crippen molar-refractivity contribution in [1.82, 2.24) is 10.2 Å². The zero-order chi connectivity index (χ0) is 16.4. The van der Waals surface area contributed by atoms with Gasteiger partial charge in [0, 0.05) is 17.9 Å². The highest BCUT2D eigenvalue weighted by atomic mass is 32.2. The molecule has 0 spiro atoms. The van der Waals surface area contributed by atoms with Crippen molar-refractivity contribution in [3.63, 3.8) is 0 Å². The number of nitrogens with one attached hydrogen (secondary N) is 2. The van der Waals surface area contributed by atoms with Crippen molar-refractivity contribution in [3.8, 4) is 0 Å². The largest absolute Gasteiger partial charge is 0.477 e. The van der Waals surface area contributed by atoms with E-state index in [0.29, 0.717) is 23.7 Å². The van der Waals surface area contributed by atoms with E-state index in [1.807, 2.05) is 0 Å². The molecule has 2 aliphatic rings. The number of hydrogen-bond donors (Lipinski definition) is 4. The lowest BCUT2D eigenvalue weighted by molar-refractivity contribution is -0.161. The van der Waals surface area contributed by atoms with Crippen LogP contribution >= 0.6 is 11.8 Å². The molecular weight excluding hydrogens is 306 g/mol. The minimum absolute atomic E-state index is 0.0257. The van der Waals surface area contributed by atoms with Gasteiger partial charge in [-0.05, 0) is 19.3 Å². The molecule has 0 aliphatic carbocycles. The highest BCUT2D eigenvalue weighted by Crippen LogP contribution is 2.47. The van der Waals surface area contributed by atoms with Crippen LogP contribution in [0.25, 0.3) is 0 Å². The first kappa shape index (κ1) is 16.6. The number of aliphatic hydroxyl groups is 1. The minimum atomic E-state index is -1.12. The number of hydrogen-bond acceptors (Lipinski definition) is 5. The number of thioether (sulfide) groups is 1. The summed E-state index contributed by atoms with van der Waals surface area (Å²) in [6.45, 7) is 3.67. The normalized spacial score (nSPS) is 25.2. The van der Waals surface area contributed by atoms with Crippen LogP contribution in [0.5, 0.6) is 0 Å². The van der Waals surface area contributed by atoms with Gasteiger partial charge >= 0.3 is 5.97 Å². The van der Waals surface area contributed by atoms with Gasteiger partial charge in [-0.15, -0.1) is 11.8 Å². The average Bonchev–Trinajstić information content (AvgIpc) is 2.72. The molecule has 4 N–H and O–H groups in total. The second kappa shape index (κ2) is 6.53. The predicted octanol–water partition coefficient (Wildman–Crippen LogP) is 0.728. The van der Waals surface area contributed by atoms with E-state index in [9.17, 15) is 19.8 Å². The molecule has 2 aliphatic heterocycles. The van der Waals surface area contributed by atoms with E-state index in [0.717, 1.165) is 0 Å². The quantitative estimate of drug-likeness (QED) is 0.325. The smallest absolute Gasteiger partial charge is 0.353 e. The Bertz CT molecular complexity index is 570. The van der Waals surface area contributed by atoms with Gasteiger partial charge in [0.1, 0.15) is 5.70 Å². The molecule has 0 aromatic carbocycles. The Hall–Kier alpha value is -1.80. The number of fused-ring (bicyclic) bond motifs is 1. The maximum Gasteiger partial charge on any atom is 0.353 e. The molecule has 7 nitrogen and oxygen atoms in total. The van der Waals surface area contributed by atoms with E-state index in [1.165, 1.54) is 16.7 Å². The Morgan fingerprint density at radius 1 is 1.64 bits per heavy atom. The van der Waals surface area contributed by atoms with E-state index >= 15 is 0 Å². The first-order valence-corrected chi connectivity index (χ1v) is 7.80. The summed E-state index contributed by atoms with van der Waals surface area (Å²) in [5, 5.41) is 30.8.